The minimum Gasteiger partial charge on any atom is -0.437 e. The zero-order valence-corrected chi connectivity index (χ0v) is 18.4. The van der Waals surface area contributed by atoms with Crippen molar-refractivity contribution >= 4 is 22.7 Å². The van der Waals surface area contributed by atoms with Gasteiger partial charge in [-0.05, 0) is 56.0 Å². The van der Waals surface area contributed by atoms with E-state index in [0.29, 0.717) is 27.7 Å². The molecule has 6 nitrogen and oxygen atoms in total. The summed E-state index contributed by atoms with van der Waals surface area (Å²) in [4.78, 5) is 11.8. The summed E-state index contributed by atoms with van der Waals surface area (Å²) in [6.07, 6.45) is -5.51. The second kappa shape index (κ2) is 9.44. The number of nitrogens with one attached hydrogen (secondary N) is 1. The van der Waals surface area contributed by atoms with Crippen molar-refractivity contribution in [3.05, 3.63) is 48.0 Å². The largest absolute Gasteiger partial charge is 0.437 e. The molecule has 0 spiro atoms. The second-order valence-corrected chi connectivity index (χ2v) is 8.14. The van der Waals surface area contributed by atoms with Gasteiger partial charge in [0.15, 0.2) is 6.10 Å². The summed E-state index contributed by atoms with van der Waals surface area (Å²) in [6, 6.07) is 12.9. The van der Waals surface area contributed by atoms with Crippen LogP contribution in [0.25, 0.3) is 22.2 Å². The number of rotatable bonds is 6. The number of hydrogen-bond donors (Lipinski definition) is 1. The molecule has 1 N–H and O–H groups in total. The molecule has 2 aromatic carbocycles. The van der Waals surface area contributed by atoms with E-state index in [1.54, 1.807) is 18.2 Å². The smallest absolute Gasteiger partial charge is 0.425 e. The average molecular weight is 493 g/mol. The van der Waals surface area contributed by atoms with Crippen LogP contribution >= 0.6 is 0 Å². The highest BCUT2D eigenvalue weighted by atomic mass is 19.4. The zero-order valence-electron chi connectivity index (χ0n) is 18.4. The minimum atomic E-state index is -4.68. The van der Waals surface area contributed by atoms with Gasteiger partial charge in [0.05, 0.1) is 16.8 Å². The topological polar surface area (TPSA) is 76.3 Å². The van der Waals surface area contributed by atoms with Gasteiger partial charge in [0.25, 0.3) is 0 Å². The van der Waals surface area contributed by atoms with Crippen LogP contribution in [-0.2, 0) is 4.74 Å². The lowest BCUT2D eigenvalue weighted by Gasteiger charge is -2.30. The van der Waals surface area contributed by atoms with Crippen LogP contribution in [0, 0.1) is 11.3 Å². The molecular formula is C24H20F5N3O3. The predicted molar refractivity (Wildman–Crippen MR) is 117 cm³/mol. The highest BCUT2D eigenvalue weighted by Crippen LogP contribution is 2.43. The first-order valence-electron chi connectivity index (χ1n) is 10.8. The van der Waals surface area contributed by atoms with E-state index in [9.17, 15) is 32.0 Å². The van der Waals surface area contributed by atoms with Gasteiger partial charge in [-0.25, -0.2) is 4.79 Å². The van der Waals surface area contributed by atoms with Gasteiger partial charge in [0.1, 0.15) is 11.8 Å². The van der Waals surface area contributed by atoms with Crippen LogP contribution in [0.4, 0.5) is 32.4 Å². The van der Waals surface area contributed by atoms with Crippen LogP contribution in [0.5, 0.6) is 5.75 Å². The number of anilines is 1. The molecule has 1 atom stereocenters. The first-order chi connectivity index (χ1) is 16.6. The van der Waals surface area contributed by atoms with E-state index in [4.69, 9.17) is 0 Å². The Morgan fingerprint density at radius 2 is 1.86 bits per heavy atom. The Labute approximate surface area is 196 Å². The Bertz CT molecular complexity index is 1270. The number of carbonyl (C=O) groups is 1. The SMILES string of the molecule is C[C@@H](OC(=O)Nc1ccc(-c2c(C#N)c3ccc(OC(F)F)cc3n2C2CCC2)cc1)C(F)(F)F. The van der Waals surface area contributed by atoms with Gasteiger partial charge in [-0.2, -0.15) is 27.2 Å². The average Bonchev–Trinajstić information content (AvgIpc) is 3.05. The number of amides is 1. The quantitative estimate of drug-likeness (QED) is 0.375. The number of nitriles is 1. The molecule has 3 aromatic rings. The third kappa shape index (κ3) is 5.01. The van der Waals surface area contributed by atoms with Gasteiger partial charge in [0.2, 0.25) is 0 Å². The fourth-order valence-electron chi connectivity index (χ4n) is 3.97. The van der Waals surface area contributed by atoms with E-state index in [-0.39, 0.29) is 17.5 Å². The number of alkyl halides is 5. The number of fused-ring (bicyclic) bond motifs is 1. The van der Waals surface area contributed by atoms with Gasteiger partial charge < -0.3 is 14.0 Å². The number of benzene rings is 2. The van der Waals surface area contributed by atoms with Gasteiger partial charge in [-0.3, -0.25) is 5.32 Å². The van der Waals surface area contributed by atoms with Gasteiger partial charge >= 0.3 is 18.9 Å². The van der Waals surface area contributed by atoms with E-state index in [1.165, 1.54) is 24.3 Å². The van der Waals surface area contributed by atoms with E-state index < -0.39 is 25.0 Å². The highest BCUT2D eigenvalue weighted by molar-refractivity contribution is 5.96. The van der Waals surface area contributed by atoms with E-state index in [1.807, 2.05) is 4.57 Å². The Balaban J connectivity index is 1.68. The molecule has 1 heterocycles. The standard InChI is InChI=1S/C24H20F5N3O3/c1-13(24(27,28)29)34-23(33)31-15-7-5-14(6-8-15)21-19(12-30)18-10-9-17(35-22(25)26)11-20(18)32(21)16-3-2-4-16/h5-11,13,16,22H,2-4H2,1H3,(H,31,33)/t13-/m1/s1. The molecule has 1 fully saturated rings. The monoisotopic (exact) mass is 493 g/mol. The number of hydrogen-bond acceptors (Lipinski definition) is 4. The summed E-state index contributed by atoms with van der Waals surface area (Å²) in [5.41, 5.74) is 2.34. The first kappa shape index (κ1) is 24.3. The molecule has 1 aliphatic carbocycles. The molecule has 0 saturated heterocycles. The van der Waals surface area contributed by atoms with Crippen molar-refractivity contribution in [1.29, 1.82) is 5.26 Å². The molecule has 35 heavy (non-hydrogen) atoms. The number of aromatic nitrogens is 1. The Hall–Kier alpha value is -3.81. The van der Waals surface area contributed by atoms with Crippen LogP contribution in [0.1, 0.15) is 37.8 Å². The lowest BCUT2D eigenvalue weighted by atomic mass is 9.92. The van der Waals surface area contributed by atoms with Crippen molar-refractivity contribution in [3.63, 3.8) is 0 Å². The van der Waals surface area contributed by atoms with E-state index in [2.05, 4.69) is 20.9 Å². The maximum atomic E-state index is 12.8. The summed E-state index contributed by atoms with van der Waals surface area (Å²) in [6.45, 7) is -2.26. The molecule has 1 aliphatic rings. The lowest BCUT2D eigenvalue weighted by Crippen LogP contribution is -2.32. The van der Waals surface area contributed by atoms with Crippen molar-refractivity contribution in [2.75, 3.05) is 5.32 Å². The van der Waals surface area contributed by atoms with Crippen LogP contribution in [-0.4, -0.2) is 29.6 Å². The lowest BCUT2D eigenvalue weighted by molar-refractivity contribution is -0.196. The maximum Gasteiger partial charge on any atom is 0.425 e. The third-order valence-corrected chi connectivity index (χ3v) is 5.90. The Morgan fingerprint density at radius 3 is 2.40 bits per heavy atom. The third-order valence-electron chi connectivity index (χ3n) is 5.90. The van der Waals surface area contributed by atoms with Crippen LogP contribution in [0.15, 0.2) is 42.5 Å². The van der Waals surface area contributed by atoms with Crippen molar-refractivity contribution in [1.82, 2.24) is 4.57 Å². The van der Waals surface area contributed by atoms with Gasteiger partial charge in [0, 0.05) is 23.2 Å². The fraction of sp³-hybridized carbons (Fsp3) is 0.333. The Morgan fingerprint density at radius 1 is 1.17 bits per heavy atom. The maximum absolute atomic E-state index is 12.8. The number of ether oxygens (including phenoxy) is 2. The summed E-state index contributed by atoms with van der Waals surface area (Å²) in [5.74, 6) is -0.0206. The first-order valence-corrected chi connectivity index (χ1v) is 10.8. The van der Waals surface area contributed by atoms with Crippen molar-refractivity contribution < 1.29 is 36.2 Å². The summed E-state index contributed by atoms with van der Waals surface area (Å²) < 4.78 is 74.1. The van der Waals surface area contributed by atoms with Crippen molar-refractivity contribution in [2.45, 2.75) is 51.1 Å². The molecule has 1 saturated carbocycles. The highest BCUT2D eigenvalue weighted by Gasteiger charge is 2.39. The zero-order chi connectivity index (χ0) is 25.3. The van der Waals surface area contributed by atoms with Crippen LogP contribution in [0.2, 0.25) is 0 Å². The van der Waals surface area contributed by atoms with Gasteiger partial charge in [-0.1, -0.05) is 12.1 Å². The fourth-order valence-corrected chi connectivity index (χ4v) is 3.97. The van der Waals surface area contributed by atoms with Crippen molar-refractivity contribution in [3.8, 4) is 23.1 Å². The normalized spacial score (nSPS) is 14.9. The molecule has 0 aliphatic heterocycles. The molecule has 0 radical (unpaired) electrons. The summed E-state index contributed by atoms with van der Waals surface area (Å²) >= 11 is 0. The molecule has 1 amide bonds. The molecule has 11 heteroatoms. The second-order valence-electron chi connectivity index (χ2n) is 8.14. The molecule has 0 bridgehead atoms. The number of halogens is 5. The van der Waals surface area contributed by atoms with E-state index in [0.717, 1.165) is 26.2 Å². The molecule has 0 unspecified atom stereocenters. The predicted octanol–water partition coefficient (Wildman–Crippen LogP) is 7.01. The minimum absolute atomic E-state index is 0.0206. The number of nitrogens with zero attached hydrogens (tertiary/aromatic N) is 2. The molecule has 1 aromatic heterocycles. The van der Waals surface area contributed by atoms with Gasteiger partial charge in [-0.15, -0.1) is 0 Å². The molecular weight excluding hydrogens is 473 g/mol. The van der Waals surface area contributed by atoms with Crippen LogP contribution < -0.4 is 10.1 Å². The molecule has 184 valence electrons. The summed E-state index contributed by atoms with van der Waals surface area (Å²) in [5, 5.41) is 12.8. The number of carbonyl (C=O) groups excluding carboxylic acids is 1. The molecule has 4 rings (SSSR count). The summed E-state index contributed by atoms with van der Waals surface area (Å²) in [7, 11) is 0. The van der Waals surface area contributed by atoms with E-state index >= 15 is 0 Å². The Kier molecular flexibility index (Phi) is 6.56. The van der Waals surface area contributed by atoms with Crippen molar-refractivity contribution in [2.24, 2.45) is 0 Å². The van der Waals surface area contributed by atoms with Crippen LogP contribution in [0.3, 0.4) is 0 Å².